The molecule has 3 N–H and O–H groups in total. The Morgan fingerprint density at radius 1 is 0.667 bits per heavy atom. The van der Waals surface area contributed by atoms with Crippen LogP contribution in [-0.4, -0.2) is 96.5 Å². The molecular formula is C73H88N2NaO12S2-. The zero-order valence-electron chi connectivity index (χ0n) is 53.5. The van der Waals surface area contributed by atoms with Crippen LogP contribution in [0.15, 0.2) is 121 Å². The van der Waals surface area contributed by atoms with Gasteiger partial charge in [-0.1, -0.05) is 81.3 Å². The van der Waals surface area contributed by atoms with Gasteiger partial charge in [-0.2, -0.15) is 4.58 Å². The van der Waals surface area contributed by atoms with Gasteiger partial charge in [-0.25, -0.2) is 18.0 Å². The van der Waals surface area contributed by atoms with E-state index in [0.717, 1.165) is 111 Å². The molecule has 4 saturated carbocycles. The van der Waals surface area contributed by atoms with E-state index in [1.807, 2.05) is 85.0 Å². The van der Waals surface area contributed by atoms with Gasteiger partial charge in [-0.05, 0) is 245 Å². The number of carbonyl (C=O) groups is 2. The molecule has 90 heavy (non-hydrogen) atoms. The van der Waals surface area contributed by atoms with Gasteiger partial charge in [-0.15, -0.1) is 0 Å². The molecule has 0 aromatic heterocycles. The van der Waals surface area contributed by atoms with Gasteiger partial charge >= 0.3 is 41.5 Å². The van der Waals surface area contributed by atoms with Crippen LogP contribution < -0.4 is 43.9 Å². The van der Waals surface area contributed by atoms with E-state index in [0.29, 0.717) is 90.5 Å². The summed E-state index contributed by atoms with van der Waals surface area (Å²) in [6.07, 6.45) is 27.5. The summed E-state index contributed by atoms with van der Waals surface area (Å²) in [5.74, 6) is 2.95. The first kappa shape index (κ1) is 68.0. The fourth-order valence-corrected chi connectivity index (χ4v) is 19.1. The molecule has 0 saturated heterocycles. The van der Waals surface area contributed by atoms with Gasteiger partial charge in [0.05, 0.1) is 38.9 Å². The maximum atomic E-state index is 14.0. The van der Waals surface area contributed by atoms with Crippen LogP contribution in [0.3, 0.4) is 0 Å². The Hall–Kier alpha value is -4.85. The van der Waals surface area contributed by atoms with Crippen LogP contribution in [0.5, 0.6) is 11.5 Å². The first-order valence-corrected chi connectivity index (χ1v) is 35.3. The SMILES string of the molecule is CC1(C)C(/C=C/C=C/C=C/C=C2\N(CCCCS(=O)(=O)[O-])c3ccc(C(=O)Oc4ccc5c(c4)CCC4C5CC[C@@]5(C)C4CC[C@@H]5O)cc3C2(C)C)=[N+](CCCCS(=O)[O-])c2ccc(C(=O)Oc3ccc4c(c3)CCC3C4CC[C@@]4(C)C3CC[C@@H]4O)cc21.[Na+].[OH-]. The Labute approximate surface area is 557 Å². The molecular weight excluding hydrogens is 1180 g/mol. The number of hydrogen-bond donors (Lipinski definition) is 2. The number of fused-ring (bicyclic) bond motifs is 12. The maximum Gasteiger partial charge on any atom is 1.00 e. The number of anilines is 1. The monoisotopic (exact) mass is 1270 g/mol. The predicted octanol–water partition coefficient (Wildman–Crippen LogP) is 10.1. The van der Waals surface area contributed by atoms with Gasteiger partial charge in [-0.3, -0.25) is 4.21 Å². The number of allylic oxidation sites excluding steroid dienone is 8. The van der Waals surface area contributed by atoms with Crippen LogP contribution in [0.1, 0.15) is 197 Å². The Bertz CT molecular complexity index is 3720. The third-order valence-corrected chi connectivity index (χ3v) is 24.3. The molecule has 14 nitrogen and oxygen atoms in total. The van der Waals surface area contributed by atoms with Crippen molar-refractivity contribution in [1.29, 1.82) is 0 Å². The summed E-state index contributed by atoms with van der Waals surface area (Å²) in [7, 11) is -4.37. The minimum Gasteiger partial charge on any atom is -0.870 e. The van der Waals surface area contributed by atoms with Gasteiger partial charge in [0.1, 0.15) is 18.0 Å². The number of esters is 2. The van der Waals surface area contributed by atoms with Gasteiger partial charge < -0.3 is 39.2 Å². The molecule has 4 aromatic rings. The Morgan fingerprint density at radius 2 is 1.21 bits per heavy atom. The van der Waals surface area contributed by atoms with Crippen LogP contribution in [0.4, 0.5) is 11.4 Å². The third-order valence-electron chi connectivity index (χ3n) is 22.9. The Morgan fingerprint density at radius 3 is 1.78 bits per heavy atom. The van der Waals surface area contributed by atoms with E-state index in [1.165, 1.54) is 22.3 Å². The maximum absolute atomic E-state index is 14.0. The van der Waals surface area contributed by atoms with Crippen molar-refractivity contribution < 1.29 is 90.6 Å². The minimum absolute atomic E-state index is 0. The van der Waals surface area contributed by atoms with Crippen LogP contribution in [-0.2, 0) is 44.9 Å². The number of aliphatic hydroxyl groups excluding tert-OH is 2. The molecule has 17 heteroatoms. The number of nitrogens with zero attached hydrogens (tertiary/aromatic N) is 2. The van der Waals surface area contributed by atoms with Crippen molar-refractivity contribution in [3.8, 4) is 11.5 Å². The molecule has 0 bridgehead atoms. The third kappa shape index (κ3) is 13.0. The van der Waals surface area contributed by atoms with Crippen molar-refractivity contribution in [2.24, 2.45) is 34.5 Å². The molecule has 7 unspecified atom stereocenters. The van der Waals surface area contributed by atoms with E-state index >= 15 is 0 Å². The van der Waals surface area contributed by atoms with E-state index in [1.54, 1.807) is 6.07 Å². The smallest absolute Gasteiger partial charge is 0.870 e. The molecule has 0 amide bonds. The van der Waals surface area contributed by atoms with Crippen molar-refractivity contribution in [1.82, 2.24) is 0 Å². The van der Waals surface area contributed by atoms with Gasteiger partial charge in [0.15, 0.2) is 5.71 Å². The fourth-order valence-electron chi connectivity index (χ4n) is 18.1. The summed E-state index contributed by atoms with van der Waals surface area (Å²) in [5, 5.41) is 21.8. The quantitative estimate of drug-likeness (QED) is 0.0138. The molecule has 4 aromatic carbocycles. The van der Waals surface area contributed by atoms with Crippen LogP contribution in [0.2, 0.25) is 0 Å². The molecule has 2 aliphatic heterocycles. The van der Waals surface area contributed by atoms with Crippen molar-refractivity contribution in [2.75, 3.05) is 29.5 Å². The van der Waals surface area contributed by atoms with Gasteiger partial charge in [0, 0.05) is 59.0 Å². The number of rotatable bonds is 18. The van der Waals surface area contributed by atoms with Crippen molar-refractivity contribution in [2.45, 2.75) is 179 Å². The number of benzene rings is 4. The predicted molar refractivity (Wildman–Crippen MR) is 344 cm³/mol. The second kappa shape index (κ2) is 26.9. The summed E-state index contributed by atoms with van der Waals surface area (Å²) < 4.78 is 72.2. The zero-order chi connectivity index (χ0) is 62.1. The Balaban J connectivity index is 0.00000445. The number of aliphatic hydroxyl groups is 2. The molecule has 0 spiro atoms. The molecule has 11 atom stereocenters. The average molecular weight is 1270 g/mol. The van der Waals surface area contributed by atoms with E-state index in [9.17, 15) is 41.5 Å². The summed E-state index contributed by atoms with van der Waals surface area (Å²) in [5.41, 5.74) is 10.7. The van der Waals surface area contributed by atoms with E-state index < -0.39 is 49.7 Å². The number of hydrogen-bond acceptors (Lipinski definition) is 13. The summed E-state index contributed by atoms with van der Waals surface area (Å²) in [6, 6.07) is 23.6. The minimum atomic E-state index is -4.37. The normalized spacial score (nSPS) is 29.1. The average Bonchev–Trinajstić information content (AvgIpc) is 1.46. The summed E-state index contributed by atoms with van der Waals surface area (Å²) in [6.45, 7) is 14.1. The standard InChI is InChI=1S/C73H88N2O11S2.Na.H2O/c1-70(2)60-44-48(68(78)85-50-22-26-52-46(42-50)18-24-56-54(52)34-36-72(5)58(56)28-32-66(72)76)20-30-62(60)74(38-12-14-40-87(80)81)64(70)16-10-8-7-9-11-17-65-71(3,4)61-45-49(21-31-63(61)75(65)39-13-15-41-88(82,83)84)69(79)86-51-23-27-53-47(43-51)19-25-57-55(53)35-37-73(6)59(57)29-33-67(73)77;;/h7-11,16-17,20-23,26-27,30-31,42-45,54-59,66-67,76-77H,12-15,18-19,24-25,28-29,32-41H2,1-6H3,(H-,80,81,82,83,84);;1H2/q;+1;/p-2/t54?,55?,56?,57?,58?,59?,66-,67-,72-,73-;;/m0../s1. The van der Waals surface area contributed by atoms with Crippen LogP contribution >= 0.6 is 0 Å². The molecule has 0 radical (unpaired) electrons. The summed E-state index contributed by atoms with van der Waals surface area (Å²) in [4.78, 5) is 30.2. The molecule has 12 rings (SSSR count). The number of unbranched alkanes of at least 4 members (excludes halogenated alkanes) is 2. The molecule has 8 aliphatic rings. The molecule has 476 valence electrons. The van der Waals surface area contributed by atoms with Crippen LogP contribution in [0, 0.1) is 34.5 Å². The number of ether oxygens (including phenoxy) is 2. The number of aryl methyl sites for hydroxylation is 2. The zero-order valence-corrected chi connectivity index (χ0v) is 57.1. The van der Waals surface area contributed by atoms with E-state index in [4.69, 9.17) is 9.47 Å². The van der Waals surface area contributed by atoms with E-state index in [2.05, 4.69) is 75.3 Å². The van der Waals surface area contributed by atoms with Crippen molar-refractivity contribution >= 4 is 50.2 Å². The summed E-state index contributed by atoms with van der Waals surface area (Å²) >= 11 is -2.14. The first-order valence-electron chi connectivity index (χ1n) is 32.5. The molecule has 6 aliphatic carbocycles. The second-order valence-corrected chi connectivity index (χ2v) is 30.9. The first-order chi connectivity index (χ1) is 42.0. The fraction of sp³-hybridized carbons (Fsp3) is 0.521. The second-order valence-electron chi connectivity index (χ2n) is 28.4. The Kier molecular flexibility index (Phi) is 20.3. The van der Waals surface area contributed by atoms with Gasteiger partial charge in [0.25, 0.3) is 0 Å². The van der Waals surface area contributed by atoms with Crippen molar-refractivity contribution in [3.63, 3.8) is 0 Å². The topological polar surface area (TPSA) is 227 Å². The largest absolute Gasteiger partial charge is 1.00 e. The number of carbonyl (C=O) groups excluding carboxylic acids is 2. The van der Waals surface area contributed by atoms with Crippen LogP contribution in [0.25, 0.3) is 0 Å². The van der Waals surface area contributed by atoms with E-state index in [-0.39, 0.29) is 70.2 Å². The molecule has 4 fully saturated rings. The van der Waals surface area contributed by atoms with Crippen molar-refractivity contribution in [3.05, 3.63) is 166 Å². The molecule has 2 heterocycles. The van der Waals surface area contributed by atoms with Gasteiger partial charge in [0.2, 0.25) is 5.69 Å².